The Bertz CT molecular complexity index is 510. The van der Waals surface area contributed by atoms with Crippen LogP contribution in [-0.2, 0) is 17.1 Å². The first-order valence-corrected chi connectivity index (χ1v) is 7.12. The van der Waals surface area contributed by atoms with Crippen LogP contribution in [0.5, 0.6) is 0 Å². The lowest BCUT2D eigenvalue weighted by atomic mass is 10.2. The summed E-state index contributed by atoms with van der Waals surface area (Å²) < 4.78 is 27.4. The predicted octanol–water partition coefficient (Wildman–Crippen LogP) is 0.123. The summed E-state index contributed by atoms with van der Waals surface area (Å²) in [5.41, 5.74) is 0. The Morgan fingerprint density at radius 1 is 1.71 bits per heavy atom. The fraction of sp³-hybridized carbons (Fsp3) is 0.667. The summed E-state index contributed by atoms with van der Waals surface area (Å²) in [5.74, 6) is 0.219. The number of aliphatic hydroxyl groups is 1. The van der Waals surface area contributed by atoms with Gasteiger partial charge in [0.15, 0.2) is 0 Å². The number of rotatable bonds is 5. The van der Waals surface area contributed by atoms with Crippen LogP contribution in [-0.4, -0.2) is 35.7 Å². The largest absolute Gasteiger partial charge is 0.391 e. The second kappa shape index (κ2) is 4.56. The second-order valence-electron chi connectivity index (χ2n) is 4.21. The van der Waals surface area contributed by atoms with Gasteiger partial charge in [0.2, 0.25) is 5.03 Å². The van der Waals surface area contributed by atoms with E-state index in [2.05, 4.69) is 9.71 Å². The molecular weight excluding hydrogens is 266 g/mol. The highest BCUT2D eigenvalue weighted by atomic mass is 35.5. The summed E-state index contributed by atoms with van der Waals surface area (Å²) in [6.07, 6.45) is 2.60. The van der Waals surface area contributed by atoms with E-state index in [9.17, 15) is 13.5 Å². The minimum Gasteiger partial charge on any atom is -0.391 e. The van der Waals surface area contributed by atoms with E-state index in [1.54, 1.807) is 7.05 Å². The van der Waals surface area contributed by atoms with Crippen LogP contribution in [0.4, 0.5) is 0 Å². The molecule has 17 heavy (non-hydrogen) atoms. The third kappa shape index (κ3) is 2.79. The first-order valence-electron chi connectivity index (χ1n) is 5.26. The van der Waals surface area contributed by atoms with Crippen molar-refractivity contribution >= 4 is 21.6 Å². The molecule has 6 nitrogen and oxygen atoms in total. The van der Waals surface area contributed by atoms with Gasteiger partial charge in [0.25, 0.3) is 10.0 Å². The molecule has 2 rings (SSSR count). The number of nitrogens with one attached hydrogen (secondary N) is 1. The highest BCUT2D eigenvalue weighted by Gasteiger charge is 2.31. The van der Waals surface area contributed by atoms with Crippen molar-refractivity contribution in [2.75, 3.05) is 6.54 Å². The lowest BCUT2D eigenvalue weighted by Gasteiger charge is -2.10. The summed E-state index contributed by atoms with van der Waals surface area (Å²) >= 11 is 5.80. The van der Waals surface area contributed by atoms with Crippen LogP contribution in [0.25, 0.3) is 0 Å². The molecule has 1 aromatic rings. The fourth-order valence-corrected chi connectivity index (χ4v) is 2.96. The highest BCUT2D eigenvalue weighted by molar-refractivity contribution is 7.89. The molecule has 96 valence electrons. The molecule has 2 N–H and O–H groups in total. The van der Waals surface area contributed by atoms with Gasteiger partial charge in [-0.2, -0.15) is 0 Å². The molecule has 1 atom stereocenters. The summed E-state index contributed by atoms with van der Waals surface area (Å²) in [5, 5.41) is 9.44. The summed E-state index contributed by atoms with van der Waals surface area (Å²) in [7, 11) is -2.14. The Balaban J connectivity index is 2.05. The number of imidazole rings is 1. The van der Waals surface area contributed by atoms with Crippen LogP contribution in [0, 0.1) is 5.92 Å². The molecule has 1 aliphatic carbocycles. The zero-order valence-corrected chi connectivity index (χ0v) is 10.9. The van der Waals surface area contributed by atoms with Crippen molar-refractivity contribution in [3.05, 3.63) is 11.5 Å². The fourth-order valence-electron chi connectivity index (χ4n) is 1.49. The Morgan fingerprint density at radius 2 is 2.35 bits per heavy atom. The van der Waals surface area contributed by atoms with E-state index in [-0.39, 0.29) is 22.6 Å². The molecule has 0 spiro atoms. The maximum atomic E-state index is 11.8. The van der Waals surface area contributed by atoms with Crippen molar-refractivity contribution in [3.63, 3.8) is 0 Å². The molecule has 0 aromatic carbocycles. The van der Waals surface area contributed by atoms with Crippen LogP contribution < -0.4 is 4.72 Å². The van der Waals surface area contributed by atoms with E-state index >= 15 is 0 Å². The Hall–Kier alpha value is -0.630. The van der Waals surface area contributed by atoms with Crippen molar-refractivity contribution in [3.8, 4) is 0 Å². The lowest BCUT2D eigenvalue weighted by Crippen LogP contribution is -2.33. The van der Waals surface area contributed by atoms with Gasteiger partial charge in [0.05, 0.1) is 12.4 Å². The van der Waals surface area contributed by atoms with Crippen LogP contribution in [0.1, 0.15) is 12.8 Å². The average molecular weight is 280 g/mol. The average Bonchev–Trinajstić information content (AvgIpc) is 3.04. The minimum absolute atomic E-state index is 0.0000961. The van der Waals surface area contributed by atoms with Gasteiger partial charge in [0, 0.05) is 13.6 Å². The molecule has 0 amide bonds. The van der Waals surface area contributed by atoms with Gasteiger partial charge in [-0.3, -0.25) is 0 Å². The van der Waals surface area contributed by atoms with Crippen molar-refractivity contribution in [2.45, 2.75) is 24.0 Å². The van der Waals surface area contributed by atoms with Crippen LogP contribution in [0.3, 0.4) is 0 Å². The maximum Gasteiger partial charge on any atom is 0.261 e. The normalized spacial score (nSPS) is 18.3. The first-order chi connectivity index (χ1) is 7.92. The minimum atomic E-state index is -3.74. The SMILES string of the molecule is Cn1cnc(S(=O)(=O)NCC(O)C2CC2)c1Cl. The number of aryl methyl sites for hydroxylation is 1. The lowest BCUT2D eigenvalue weighted by molar-refractivity contribution is 0.155. The van der Waals surface area contributed by atoms with Crippen molar-refractivity contribution < 1.29 is 13.5 Å². The molecule has 1 fully saturated rings. The van der Waals surface area contributed by atoms with Crippen LogP contribution in [0.2, 0.25) is 5.15 Å². The number of sulfonamides is 1. The Labute approximate surface area is 105 Å². The molecule has 0 bridgehead atoms. The molecule has 1 saturated carbocycles. The molecule has 0 aliphatic heterocycles. The Morgan fingerprint density at radius 3 is 2.82 bits per heavy atom. The molecule has 8 heteroatoms. The zero-order valence-electron chi connectivity index (χ0n) is 9.30. The van der Waals surface area contributed by atoms with Gasteiger partial charge >= 0.3 is 0 Å². The second-order valence-corrected chi connectivity index (χ2v) is 6.25. The summed E-state index contributed by atoms with van der Waals surface area (Å²) in [6.45, 7) is -0.0000961. The van der Waals surface area contributed by atoms with Gasteiger partial charge in [-0.25, -0.2) is 18.1 Å². The van der Waals surface area contributed by atoms with E-state index in [4.69, 9.17) is 11.6 Å². The van der Waals surface area contributed by atoms with Gasteiger partial charge < -0.3 is 9.67 Å². The van der Waals surface area contributed by atoms with Crippen LogP contribution >= 0.6 is 11.6 Å². The monoisotopic (exact) mass is 279 g/mol. The molecule has 1 unspecified atom stereocenters. The molecule has 0 saturated heterocycles. The van der Waals surface area contributed by atoms with Gasteiger partial charge in [0.1, 0.15) is 5.15 Å². The van der Waals surface area contributed by atoms with Crippen molar-refractivity contribution in [2.24, 2.45) is 13.0 Å². The number of hydrogen-bond donors (Lipinski definition) is 2. The zero-order chi connectivity index (χ0) is 12.6. The van der Waals surface area contributed by atoms with Gasteiger partial charge in [-0.05, 0) is 18.8 Å². The van der Waals surface area contributed by atoms with E-state index < -0.39 is 16.1 Å². The molecule has 0 radical (unpaired) electrons. The molecular formula is C9H14ClN3O3S. The van der Waals surface area contributed by atoms with E-state index in [0.29, 0.717) is 0 Å². The summed E-state index contributed by atoms with van der Waals surface area (Å²) in [4.78, 5) is 3.72. The molecule has 1 aromatic heterocycles. The predicted molar refractivity (Wildman–Crippen MR) is 62.1 cm³/mol. The topological polar surface area (TPSA) is 84.2 Å². The number of nitrogens with zero attached hydrogens (tertiary/aromatic N) is 2. The van der Waals surface area contributed by atoms with E-state index in [1.807, 2.05) is 0 Å². The number of hydrogen-bond acceptors (Lipinski definition) is 4. The third-order valence-corrected chi connectivity index (χ3v) is 4.65. The van der Waals surface area contributed by atoms with Gasteiger partial charge in [-0.15, -0.1) is 0 Å². The number of aliphatic hydroxyl groups excluding tert-OH is 1. The Kier molecular flexibility index (Phi) is 3.44. The van der Waals surface area contributed by atoms with E-state index in [1.165, 1.54) is 10.9 Å². The highest BCUT2D eigenvalue weighted by Crippen LogP contribution is 2.32. The van der Waals surface area contributed by atoms with Crippen molar-refractivity contribution in [1.82, 2.24) is 14.3 Å². The van der Waals surface area contributed by atoms with Gasteiger partial charge in [-0.1, -0.05) is 11.6 Å². The maximum absolute atomic E-state index is 11.8. The molecule has 1 heterocycles. The van der Waals surface area contributed by atoms with Crippen molar-refractivity contribution in [1.29, 1.82) is 0 Å². The smallest absolute Gasteiger partial charge is 0.261 e. The summed E-state index contributed by atoms with van der Waals surface area (Å²) in [6, 6.07) is 0. The standard InChI is InChI=1S/C9H14ClN3O3S/c1-13-5-11-9(8(13)10)17(15,16)12-4-7(14)6-2-3-6/h5-7,12,14H,2-4H2,1H3. The number of aromatic nitrogens is 2. The molecule has 1 aliphatic rings. The van der Waals surface area contributed by atoms with Crippen LogP contribution in [0.15, 0.2) is 11.4 Å². The third-order valence-electron chi connectivity index (χ3n) is 2.74. The first kappa shape index (κ1) is 12.8. The quantitative estimate of drug-likeness (QED) is 0.802. The number of halogens is 1. The van der Waals surface area contributed by atoms with E-state index in [0.717, 1.165) is 12.8 Å².